The van der Waals surface area contributed by atoms with Crippen LogP contribution in [0.15, 0.2) is 112 Å². The highest BCUT2D eigenvalue weighted by atomic mass is 32.3. The van der Waals surface area contributed by atoms with E-state index >= 15 is 0 Å². The minimum absolute atomic E-state index is 0.923. The first-order chi connectivity index (χ1) is 12.7. The Bertz CT molecular complexity index is 986. The number of ether oxygens (including phenoxy) is 1. The minimum Gasteiger partial charge on any atom is -0.496 e. The molecule has 0 aliphatic heterocycles. The van der Waals surface area contributed by atoms with Gasteiger partial charge >= 0.3 is 0 Å². The number of rotatable bonds is 4. The molecule has 26 heavy (non-hydrogen) atoms. The predicted molar refractivity (Wildman–Crippen MR) is 112 cm³/mol. The van der Waals surface area contributed by atoms with Gasteiger partial charge in [0, 0.05) is 10.3 Å². The summed E-state index contributed by atoms with van der Waals surface area (Å²) in [6.45, 7) is 0. The van der Waals surface area contributed by atoms with Crippen molar-refractivity contribution in [2.24, 2.45) is 0 Å². The fourth-order valence-electron chi connectivity index (χ4n) is 3.55. The zero-order chi connectivity index (χ0) is 18.0. The number of fused-ring (bicyclic) bond motifs is 1. The Balaban J connectivity index is 2.08. The molecule has 4 aromatic carbocycles. The molecule has 0 unspecified atom stereocenters. The summed E-state index contributed by atoms with van der Waals surface area (Å²) in [7, 11) is 0.356. The molecule has 1 nitrogen and oxygen atoms in total. The molecule has 0 saturated heterocycles. The van der Waals surface area contributed by atoms with Gasteiger partial charge in [-0.3, -0.25) is 0 Å². The molecule has 0 N–H and O–H groups in total. The minimum atomic E-state index is -1.38. The molecule has 0 amide bonds. The van der Waals surface area contributed by atoms with Crippen molar-refractivity contribution >= 4 is 20.8 Å². The van der Waals surface area contributed by atoms with E-state index in [2.05, 4.69) is 103 Å². The number of benzene rings is 4. The maximum absolute atomic E-state index is 5.62. The molecule has 0 aliphatic rings. The summed E-state index contributed by atoms with van der Waals surface area (Å²) in [6.07, 6.45) is 2.39. The largest absolute Gasteiger partial charge is 0.496 e. The van der Waals surface area contributed by atoms with Crippen molar-refractivity contribution in [2.45, 2.75) is 14.7 Å². The Morgan fingerprint density at radius 2 is 1.08 bits per heavy atom. The van der Waals surface area contributed by atoms with Crippen molar-refractivity contribution < 1.29 is 4.74 Å². The maximum Gasteiger partial charge on any atom is 0.126 e. The van der Waals surface area contributed by atoms with Crippen molar-refractivity contribution in [2.75, 3.05) is 13.4 Å². The van der Waals surface area contributed by atoms with E-state index in [4.69, 9.17) is 4.74 Å². The van der Waals surface area contributed by atoms with Gasteiger partial charge in [-0.25, -0.2) is 0 Å². The summed E-state index contributed by atoms with van der Waals surface area (Å²) < 4.78 is 5.62. The molecule has 4 rings (SSSR count). The van der Waals surface area contributed by atoms with Crippen LogP contribution in [0.5, 0.6) is 5.75 Å². The van der Waals surface area contributed by atoms with E-state index in [9.17, 15) is 0 Å². The van der Waals surface area contributed by atoms with Gasteiger partial charge in [0.1, 0.15) is 5.75 Å². The normalized spacial score (nSPS) is 12.1. The topological polar surface area (TPSA) is 9.23 Å². The zero-order valence-electron chi connectivity index (χ0n) is 15.1. The van der Waals surface area contributed by atoms with Crippen LogP contribution in [0.4, 0.5) is 0 Å². The molecule has 0 spiro atoms. The van der Waals surface area contributed by atoms with E-state index < -0.39 is 10.0 Å². The van der Waals surface area contributed by atoms with Gasteiger partial charge in [0.05, 0.1) is 7.11 Å². The lowest BCUT2D eigenvalue weighted by Gasteiger charge is -2.38. The number of hydrogen-bond acceptors (Lipinski definition) is 1. The lowest BCUT2D eigenvalue weighted by molar-refractivity contribution is 0.419. The van der Waals surface area contributed by atoms with Gasteiger partial charge < -0.3 is 4.74 Å². The van der Waals surface area contributed by atoms with Gasteiger partial charge in [-0.2, -0.15) is 10.0 Å². The van der Waals surface area contributed by atoms with Crippen LogP contribution >= 0.6 is 10.0 Å². The molecular formula is C24H22OS. The standard InChI is InChI=1S/C24H22OS/c1-25-23-17-18-24(22-16-10-9-15-21(22)23)26(2,19-11-5-3-6-12-19)20-13-7-4-8-14-20/h3-18H,1-2H3. The molecular weight excluding hydrogens is 336 g/mol. The van der Waals surface area contributed by atoms with Gasteiger partial charge in [0.15, 0.2) is 0 Å². The van der Waals surface area contributed by atoms with Crippen LogP contribution in [-0.4, -0.2) is 13.4 Å². The highest BCUT2D eigenvalue weighted by Gasteiger charge is 2.27. The number of methoxy groups -OCH3 is 1. The third kappa shape index (κ3) is 2.67. The second-order valence-electron chi connectivity index (χ2n) is 6.36. The Morgan fingerprint density at radius 3 is 1.62 bits per heavy atom. The summed E-state index contributed by atoms with van der Waals surface area (Å²) >= 11 is 0. The molecule has 0 fully saturated rings. The highest BCUT2D eigenvalue weighted by Crippen LogP contribution is 2.67. The first kappa shape index (κ1) is 16.7. The summed E-state index contributed by atoms with van der Waals surface area (Å²) in [5, 5.41) is 2.43. The summed E-state index contributed by atoms with van der Waals surface area (Å²) in [5.74, 6) is 0.923. The van der Waals surface area contributed by atoms with E-state index in [1.54, 1.807) is 7.11 Å². The lowest BCUT2D eigenvalue weighted by atomic mass is 10.1. The molecule has 0 radical (unpaired) electrons. The average Bonchev–Trinajstić information content (AvgIpc) is 2.73. The maximum atomic E-state index is 5.62. The van der Waals surface area contributed by atoms with E-state index in [0.717, 1.165) is 11.1 Å². The first-order valence-electron chi connectivity index (χ1n) is 8.69. The fourth-order valence-corrected chi connectivity index (χ4v) is 6.69. The van der Waals surface area contributed by atoms with Crippen LogP contribution < -0.4 is 4.74 Å². The van der Waals surface area contributed by atoms with Crippen molar-refractivity contribution in [3.8, 4) is 5.75 Å². The Labute approximate surface area is 156 Å². The molecule has 0 aliphatic carbocycles. The fraction of sp³-hybridized carbons (Fsp3) is 0.0833. The SMILES string of the molecule is COc1ccc(S(C)(c2ccccc2)c2ccccc2)c2ccccc12. The van der Waals surface area contributed by atoms with Crippen LogP contribution in [0, 0.1) is 0 Å². The highest BCUT2D eigenvalue weighted by molar-refractivity contribution is 8.33. The van der Waals surface area contributed by atoms with Crippen LogP contribution in [-0.2, 0) is 0 Å². The molecule has 4 aromatic rings. The van der Waals surface area contributed by atoms with Crippen molar-refractivity contribution in [1.82, 2.24) is 0 Å². The molecule has 0 aromatic heterocycles. The second-order valence-corrected chi connectivity index (χ2v) is 9.58. The molecule has 0 heterocycles. The van der Waals surface area contributed by atoms with Gasteiger partial charge in [0.25, 0.3) is 0 Å². The second kappa shape index (κ2) is 6.89. The lowest BCUT2D eigenvalue weighted by Crippen LogP contribution is -2.02. The Morgan fingerprint density at radius 1 is 0.577 bits per heavy atom. The van der Waals surface area contributed by atoms with E-state index in [-0.39, 0.29) is 0 Å². The molecule has 130 valence electrons. The van der Waals surface area contributed by atoms with E-state index in [1.807, 2.05) is 0 Å². The van der Waals surface area contributed by atoms with Gasteiger partial charge in [-0.05, 0) is 57.8 Å². The summed E-state index contributed by atoms with van der Waals surface area (Å²) in [5.41, 5.74) is 0. The molecule has 2 heteroatoms. The Kier molecular flexibility index (Phi) is 4.44. The third-order valence-electron chi connectivity index (χ3n) is 4.93. The van der Waals surface area contributed by atoms with Gasteiger partial charge in [0.2, 0.25) is 0 Å². The quantitative estimate of drug-likeness (QED) is 0.391. The average molecular weight is 359 g/mol. The first-order valence-corrected chi connectivity index (χ1v) is 10.7. The van der Waals surface area contributed by atoms with Crippen molar-refractivity contribution in [3.63, 3.8) is 0 Å². The van der Waals surface area contributed by atoms with E-state index in [1.165, 1.54) is 20.1 Å². The van der Waals surface area contributed by atoms with Crippen LogP contribution in [0.3, 0.4) is 0 Å². The van der Waals surface area contributed by atoms with Gasteiger partial charge in [-0.1, -0.05) is 60.7 Å². The Hall–Kier alpha value is -2.71. The van der Waals surface area contributed by atoms with E-state index in [0.29, 0.717) is 0 Å². The third-order valence-corrected chi connectivity index (χ3v) is 8.60. The molecule has 0 atom stereocenters. The smallest absolute Gasteiger partial charge is 0.126 e. The zero-order valence-corrected chi connectivity index (χ0v) is 15.9. The van der Waals surface area contributed by atoms with Crippen LogP contribution in [0.1, 0.15) is 0 Å². The van der Waals surface area contributed by atoms with Crippen LogP contribution in [0.25, 0.3) is 10.8 Å². The van der Waals surface area contributed by atoms with Gasteiger partial charge in [-0.15, -0.1) is 0 Å². The molecule has 0 bridgehead atoms. The van der Waals surface area contributed by atoms with Crippen LogP contribution in [0.2, 0.25) is 0 Å². The number of hydrogen-bond donors (Lipinski definition) is 0. The molecule has 0 saturated carbocycles. The van der Waals surface area contributed by atoms with Crippen molar-refractivity contribution in [3.05, 3.63) is 97.1 Å². The summed E-state index contributed by atoms with van der Waals surface area (Å²) in [6, 6.07) is 34.6. The predicted octanol–water partition coefficient (Wildman–Crippen LogP) is 6.76. The summed E-state index contributed by atoms with van der Waals surface area (Å²) in [4.78, 5) is 4.09. The monoisotopic (exact) mass is 358 g/mol. The van der Waals surface area contributed by atoms with Crippen molar-refractivity contribution in [1.29, 1.82) is 0 Å².